The molecule has 1 saturated carbocycles. The molecule has 0 atom stereocenters. The van der Waals surface area contributed by atoms with E-state index in [2.05, 4.69) is 9.97 Å². The predicted octanol–water partition coefficient (Wildman–Crippen LogP) is 3.06. The number of nitrogens with zero attached hydrogens (tertiary/aromatic N) is 3. The Morgan fingerprint density at radius 3 is 2.60 bits per heavy atom. The fraction of sp³-hybridized carbons (Fsp3) is 0.562. The van der Waals surface area contributed by atoms with Gasteiger partial charge in [-0.15, -0.1) is 0 Å². The highest BCUT2D eigenvalue weighted by atomic mass is 16.2. The molecule has 1 aromatic heterocycles. The van der Waals surface area contributed by atoms with Crippen LogP contribution < -0.4 is 0 Å². The number of amides is 1. The van der Waals surface area contributed by atoms with Crippen LogP contribution >= 0.6 is 0 Å². The van der Waals surface area contributed by atoms with Crippen molar-refractivity contribution in [2.24, 2.45) is 0 Å². The summed E-state index contributed by atoms with van der Waals surface area (Å²) in [5.41, 5.74) is 0.763. The van der Waals surface area contributed by atoms with Gasteiger partial charge >= 0.3 is 0 Å². The van der Waals surface area contributed by atoms with Crippen molar-refractivity contribution in [3.63, 3.8) is 0 Å². The third kappa shape index (κ3) is 4.44. The van der Waals surface area contributed by atoms with Crippen LogP contribution in [-0.2, 0) is 4.79 Å². The van der Waals surface area contributed by atoms with Gasteiger partial charge < -0.3 is 4.90 Å². The van der Waals surface area contributed by atoms with Gasteiger partial charge in [0.25, 0.3) is 0 Å². The number of hydrogen-bond donors (Lipinski definition) is 0. The lowest BCUT2D eigenvalue weighted by Crippen LogP contribution is -2.36. The maximum atomic E-state index is 12.2. The van der Waals surface area contributed by atoms with Gasteiger partial charge in [-0.2, -0.15) is 0 Å². The summed E-state index contributed by atoms with van der Waals surface area (Å²) in [5, 5.41) is 0. The van der Waals surface area contributed by atoms with E-state index in [1.54, 1.807) is 24.4 Å². The molecule has 0 bridgehead atoms. The first-order chi connectivity index (χ1) is 9.77. The minimum atomic E-state index is 0.0641. The molecule has 4 heteroatoms. The third-order valence-corrected chi connectivity index (χ3v) is 3.97. The number of aromatic nitrogens is 2. The molecule has 1 fully saturated rings. The predicted molar refractivity (Wildman–Crippen MR) is 79.9 cm³/mol. The van der Waals surface area contributed by atoms with Gasteiger partial charge in [-0.1, -0.05) is 32.1 Å². The molecule has 108 valence electrons. The molecule has 1 heterocycles. The van der Waals surface area contributed by atoms with Gasteiger partial charge in [0.2, 0.25) is 5.91 Å². The van der Waals surface area contributed by atoms with Crippen LogP contribution in [0.1, 0.15) is 50.6 Å². The van der Waals surface area contributed by atoms with Gasteiger partial charge in [0.05, 0.1) is 5.69 Å². The summed E-state index contributed by atoms with van der Waals surface area (Å²) < 4.78 is 0. The van der Waals surface area contributed by atoms with Gasteiger partial charge in [0.1, 0.15) is 6.33 Å². The molecule has 0 aliphatic heterocycles. The molecule has 0 unspecified atom stereocenters. The molecule has 2 rings (SSSR count). The SMILES string of the molecule is CN(C(=O)/C=C/c1ccncn1)C1CCCCCCC1. The molecule has 1 aromatic rings. The average molecular weight is 273 g/mol. The lowest BCUT2D eigenvalue weighted by Gasteiger charge is -2.28. The normalized spacial score (nSPS) is 17.6. The van der Waals surface area contributed by atoms with E-state index >= 15 is 0 Å². The number of rotatable bonds is 3. The fourth-order valence-corrected chi connectivity index (χ4v) is 2.68. The Hall–Kier alpha value is -1.71. The number of carbonyl (C=O) groups excluding carboxylic acids is 1. The minimum absolute atomic E-state index is 0.0641. The van der Waals surface area contributed by atoms with Gasteiger partial charge in [-0.25, -0.2) is 9.97 Å². The van der Waals surface area contributed by atoms with Crippen LogP contribution in [0.4, 0.5) is 0 Å². The first-order valence-electron chi connectivity index (χ1n) is 7.48. The van der Waals surface area contributed by atoms with E-state index in [1.807, 2.05) is 11.9 Å². The van der Waals surface area contributed by atoms with Crippen LogP contribution in [0.25, 0.3) is 6.08 Å². The molecule has 0 aromatic carbocycles. The van der Waals surface area contributed by atoms with Gasteiger partial charge in [0, 0.05) is 25.4 Å². The maximum absolute atomic E-state index is 12.2. The summed E-state index contributed by atoms with van der Waals surface area (Å²) in [5.74, 6) is 0.0641. The van der Waals surface area contributed by atoms with Crippen LogP contribution in [0.15, 0.2) is 24.7 Å². The summed E-state index contributed by atoms with van der Waals surface area (Å²) in [6.07, 6.45) is 15.2. The van der Waals surface area contributed by atoms with Gasteiger partial charge in [-0.05, 0) is 25.0 Å². The molecule has 1 aliphatic rings. The Morgan fingerprint density at radius 2 is 1.95 bits per heavy atom. The number of likely N-dealkylation sites (N-methyl/N-ethyl adjacent to an activating group) is 1. The van der Waals surface area contributed by atoms with E-state index in [9.17, 15) is 4.79 Å². The number of hydrogen-bond acceptors (Lipinski definition) is 3. The smallest absolute Gasteiger partial charge is 0.246 e. The highest BCUT2D eigenvalue weighted by molar-refractivity contribution is 5.91. The van der Waals surface area contributed by atoms with E-state index in [0.717, 1.165) is 18.5 Å². The molecule has 0 spiro atoms. The Labute approximate surface area is 120 Å². The van der Waals surface area contributed by atoms with Crippen LogP contribution in [0.3, 0.4) is 0 Å². The molecular formula is C16H23N3O. The van der Waals surface area contributed by atoms with E-state index in [0.29, 0.717) is 6.04 Å². The molecule has 0 radical (unpaired) electrons. The van der Waals surface area contributed by atoms with E-state index in [1.165, 1.54) is 38.4 Å². The Morgan fingerprint density at radius 1 is 1.25 bits per heavy atom. The quantitative estimate of drug-likeness (QED) is 0.795. The molecule has 1 aliphatic carbocycles. The highest BCUT2D eigenvalue weighted by Gasteiger charge is 2.18. The summed E-state index contributed by atoms with van der Waals surface area (Å²) in [4.78, 5) is 22.0. The largest absolute Gasteiger partial charge is 0.339 e. The zero-order valence-electron chi connectivity index (χ0n) is 12.2. The standard InChI is InChI=1S/C16H23N3O/c1-19(15-7-5-3-2-4-6-8-15)16(20)10-9-14-11-12-17-13-18-14/h9-13,15H,2-8H2,1H3/b10-9+. The van der Waals surface area contributed by atoms with Crippen molar-refractivity contribution in [3.8, 4) is 0 Å². The summed E-state index contributed by atoms with van der Waals surface area (Å²) in [6, 6.07) is 2.18. The molecule has 1 amide bonds. The molecule has 20 heavy (non-hydrogen) atoms. The fourth-order valence-electron chi connectivity index (χ4n) is 2.68. The van der Waals surface area contributed by atoms with Crippen LogP contribution in [0.5, 0.6) is 0 Å². The monoisotopic (exact) mass is 273 g/mol. The summed E-state index contributed by atoms with van der Waals surface area (Å²) >= 11 is 0. The van der Waals surface area contributed by atoms with Gasteiger partial charge in [-0.3, -0.25) is 4.79 Å². The van der Waals surface area contributed by atoms with Crippen LogP contribution in [-0.4, -0.2) is 33.9 Å². The topological polar surface area (TPSA) is 46.1 Å². The molecule has 4 nitrogen and oxygen atoms in total. The van der Waals surface area contributed by atoms with E-state index in [4.69, 9.17) is 0 Å². The average Bonchev–Trinajstić information content (AvgIpc) is 2.45. The van der Waals surface area contributed by atoms with Gasteiger partial charge in [0.15, 0.2) is 0 Å². The van der Waals surface area contributed by atoms with E-state index < -0.39 is 0 Å². The van der Waals surface area contributed by atoms with Crippen LogP contribution in [0.2, 0.25) is 0 Å². The van der Waals surface area contributed by atoms with Crippen molar-refractivity contribution >= 4 is 12.0 Å². The second-order valence-corrected chi connectivity index (χ2v) is 5.42. The van der Waals surface area contributed by atoms with Crippen molar-refractivity contribution in [1.82, 2.24) is 14.9 Å². The van der Waals surface area contributed by atoms with E-state index in [-0.39, 0.29) is 5.91 Å². The molecular weight excluding hydrogens is 250 g/mol. The second kappa shape index (κ2) is 7.78. The van der Waals surface area contributed by atoms with Crippen molar-refractivity contribution in [3.05, 3.63) is 30.4 Å². The first-order valence-corrected chi connectivity index (χ1v) is 7.48. The molecule has 0 saturated heterocycles. The van der Waals surface area contributed by atoms with Crippen molar-refractivity contribution in [2.45, 2.75) is 51.0 Å². The molecule has 0 N–H and O–H groups in total. The Bertz CT molecular complexity index is 436. The summed E-state index contributed by atoms with van der Waals surface area (Å²) in [7, 11) is 1.92. The minimum Gasteiger partial charge on any atom is -0.339 e. The number of carbonyl (C=O) groups is 1. The summed E-state index contributed by atoms with van der Waals surface area (Å²) in [6.45, 7) is 0. The zero-order valence-corrected chi connectivity index (χ0v) is 12.2. The second-order valence-electron chi connectivity index (χ2n) is 5.42. The van der Waals surface area contributed by atoms with Crippen molar-refractivity contribution in [1.29, 1.82) is 0 Å². The van der Waals surface area contributed by atoms with Crippen molar-refractivity contribution in [2.75, 3.05) is 7.05 Å². The van der Waals surface area contributed by atoms with Crippen LogP contribution in [0, 0.1) is 0 Å². The lowest BCUT2D eigenvalue weighted by atomic mass is 9.96. The lowest BCUT2D eigenvalue weighted by molar-refractivity contribution is -0.127. The first kappa shape index (κ1) is 14.7. The Kier molecular flexibility index (Phi) is 5.71. The maximum Gasteiger partial charge on any atom is 0.246 e. The van der Waals surface area contributed by atoms with Crippen molar-refractivity contribution < 1.29 is 4.79 Å². The Balaban J connectivity index is 1.91. The highest BCUT2D eigenvalue weighted by Crippen LogP contribution is 2.20. The third-order valence-electron chi connectivity index (χ3n) is 3.97. The zero-order chi connectivity index (χ0) is 14.2.